The summed E-state index contributed by atoms with van der Waals surface area (Å²) in [5.74, 6) is -0.868. The first-order chi connectivity index (χ1) is 16.4. The maximum absolute atomic E-state index is 13.2. The van der Waals surface area contributed by atoms with Crippen molar-refractivity contribution in [1.29, 1.82) is 0 Å². The molecule has 0 spiro atoms. The quantitative estimate of drug-likeness (QED) is 0.547. The highest BCUT2D eigenvalue weighted by atomic mass is 19.1. The molecule has 3 amide bonds. The number of ether oxygens (including phenoxy) is 2. The van der Waals surface area contributed by atoms with Gasteiger partial charge in [0.05, 0.1) is 13.7 Å². The number of piperidine rings is 1. The summed E-state index contributed by atoms with van der Waals surface area (Å²) in [4.78, 5) is 40.3. The van der Waals surface area contributed by atoms with Gasteiger partial charge in [0.2, 0.25) is 5.91 Å². The number of amides is 3. The van der Waals surface area contributed by atoms with Crippen molar-refractivity contribution in [3.05, 3.63) is 65.5 Å². The van der Waals surface area contributed by atoms with Crippen molar-refractivity contribution in [1.82, 2.24) is 15.5 Å². The summed E-state index contributed by atoms with van der Waals surface area (Å²) >= 11 is 0. The van der Waals surface area contributed by atoms with Gasteiger partial charge in [-0.2, -0.15) is 0 Å². The number of halogens is 1. The SMILES string of the molecule is COCCNC(=O)[C@@H](NC(=O)c1cccc(OC)c1)C1CCN(C(=O)c2ccc(F)cc2)CC1. The van der Waals surface area contributed by atoms with Gasteiger partial charge in [0.25, 0.3) is 11.8 Å². The molecule has 9 heteroatoms. The van der Waals surface area contributed by atoms with Gasteiger partial charge in [0, 0.05) is 37.9 Å². The van der Waals surface area contributed by atoms with Crippen molar-refractivity contribution in [3.8, 4) is 5.75 Å². The fraction of sp³-hybridized carbons (Fsp3) is 0.400. The van der Waals surface area contributed by atoms with Gasteiger partial charge in [0.1, 0.15) is 17.6 Å². The van der Waals surface area contributed by atoms with Crippen LogP contribution in [0.4, 0.5) is 4.39 Å². The molecule has 1 heterocycles. The fourth-order valence-electron chi connectivity index (χ4n) is 3.98. The number of hydrogen-bond donors (Lipinski definition) is 2. The molecule has 0 aliphatic carbocycles. The Labute approximate surface area is 198 Å². The Kier molecular flexibility index (Phi) is 8.98. The number of nitrogens with zero attached hydrogens (tertiary/aromatic N) is 1. The molecule has 1 saturated heterocycles. The van der Waals surface area contributed by atoms with Crippen LogP contribution in [-0.2, 0) is 9.53 Å². The van der Waals surface area contributed by atoms with E-state index in [1.165, 1.54) is 31.4 Å². The third-order valence-electron chi connectivity index (χ3n) is 5.90. The average molecular weight is 472 g/mol. The summed E-state index contributed by atoms with van der Waals surface area (Å²) in [7, 11) is 3.06. The number of carbonyl (C=O) groups excluding carboxylic acids is 3. The fourth-order valence-corrected chi connectivity index (χ4v) is 3.98. The van der Waals surface area contributed by atoms with Crippen molar-refractivity contribution in [2.75, 3.05) is 40.5 Å². The van der Waals surface area contributed by atoms with Crippen molar-refractivity contribution in [3.63, 3.8) is 0 Å². The Balaban J connectivity index is 1.68. The molecule has 182 valence electrons. The highest BCUT2D eigenvalue weighted by Gasteiger charge is 2.34. The van der Waals surface area contributed by atoms with Crippen LogP contribution in [0.1, 0.15) is 33.6 Å². The van der Waals surface area contributed by atoms with Gasteiger partial charge in [-0.1, -0.05) is 6.07 Å². The predicted molar refractivity (Wildman–Crippen MR) is 124 cm³/mol. The summed E-state index contributed by atoms with van der Waals surface area (Å²) in [5, 5.41) is 5.68. The van der Waals surface area contributed by atoms with Crippen LogP contribution in [-0.4, -0.2) is 69.1 Å². The molecular weight excluding hydrogens is 441 g/mol. The number of nitrogens with one attached hydrogen (secondary N) is 2. The molecule has 0 aromatic heterocycles. The monoisotopic (exact) mass is 471 g/mol. The van der Waals surface area contributed by atoms with Crippen LogP contribution in [0.25, 0.3) is 0 Å². The van der Waals surface area contributed by atoms with E-state index in [1.807, 2.05) is 0 Å². The van der Waals surface area contributed by atoms with Crippen LogP contribution in [0.3, 0.4) is 0 Å². The first-order valence-electron chi connectivity index (χ1n) is 11.2. The maximum atomic E-state index is 13.2. The second-order valence-corrected chi connectivity index (χ2v) is 8.10. The molecule has 0 radical (unpaired) electrons. The maximum Gasteiger partial charge on any atom is 0.253 e. The van der Waals surface area contributed by atoms with E-state index in [4.69, 9.17) is 9.47 Å². The summed E-state index contributed by atoms with van der Waals surface area (Å²) in [6.45, 7) is 1.53. The molecule has 0 unspecified atom stereocenters. The van der Waals surface area contributed by atoms with Gasteiger partial charge in [-0.15, -0.1) is 0 Å². The van der Waals surface area contributed by atoms with Crippen LogP contribution in [0.2, 0.25) is 0 Å². The van der Waals surface area contributed by atoms with Gasteiger partial charge < -0.3 is 25.0 Å². The van der Waals surface area contributed by atoms with Gasteiger partial charge >= 0.3 is 0 Å². The molecule has 8 nitrogen and oxygen atoms in total. The number of likely N-dealkylation sites (tertiary alicyclic amines) is 1. The van der Waals surface area contributed by atoms with E-state index in [2.05, 4.69) is 10.6 Å². The van der Waals surface area contributed by atoms with Crippen LogP contribution in [0, 0.1) is 11.7 Å². The Morgan fingerprint density at radius 3 is 2.41 bits per heavy atom. The zero-order chi connectivity index (χ0) is 24.5. The van der Waals surface area contributed by atoms with Crippen molar-refractivity contribution in [2.24, 2.45) is 5.92 Å². The van der Waals surface area contributed by atoms with Crippen molar-refractivity contribution >= 4 is 17.7 Å². The van der Waals surface area contributed by atoms with Crippen LogP contribution in [0.5, 0.6) is 5.75 Å². The third-order valence-corrected chi connectivity index (χ3v) is 5.90. The molecule has 2 N–H and O–H groups in total. The molecule has 2 aromatic rings. The molecule has 3 rings (SSSR count). The zero-order valence-corrected chi connectivity index (χ0v) is 19.4. The molecule has 0 saturated carbocycles. The predicted octanol–water partition coefficient (Wildman–Crippen LogP) is 2.25. The lowest BCUT2D eigenvalue weighted by Gasteiger charge is -2.36. The lowest BCUT2D eigenvalue weighted by atomic mass is 9.88. The number of methoxy groups -OCH3 is 2. The topological polar surface area (TPSA) is 97.0 Å². The zero-order valence-electron chi connectivity index (χ0n) is 19.4. The van der Waals surface area contributed by atoms with E-state index >= 15 is 0 Å². The molecule has 1 atom stereocenters. The van der Waals surface area contributed by atoms with E-state index in [0.717, 1.165) is 0 Å². The summed E-state index contributed by atoms with van der Waals surface area (Å²) in [5.41, 5.74) is 0.804. The highest BCUT2D eigenvalue weighted by molar-refractivity contribution is 5.98. The number of rotatable bonds is 9. The molecule has 1 aliphatic heterocycles. The van der Waals surface area contributed by atoms with Gasteiger partial charge in [0.15, 0.2) is 0 Å². The Morgan fingerprint density at radius 1 is 1.06 bits per heavy atom. The molecule has 0 bridgehead atoms. The lowest BCUT2D eigenvalue weighted by molar-refractivity contribution is -0.124. The van der Waals surface area contributed by atoms with E-state index in [9.17, 15) is 18.8 Å². The Bertz CT molecular complexity index is 990. The molecule has 2 aromatic carbocycles. The summed E-state index contributed by atoms with van der Waals surface area (Å²) < 4.78 is 23.4. The van der Waals surface area contributed by atoms with Gasteiger partial charge in [-0.25, -0.2) is 4.39 Å². The molecule has 1 fully saturated rings. The summed E-state index contributed by atoms with van der Waals surface area (Å²) in [6, 6.07) is 11.4. The smallest absolute Gasteiger partial charge is 0.253 e. The van der Waals surface area contributed by atoms with Crippen LogP contribution < -0.4 is 15.4 Å². The minimum absolute atomic E-state index is 0.158. The molecular formula is C25H30FN3O5. The average Bonchev–Trinajstić information content (AvgIpc) is 2.87. The van der Waals surface area contributed by atoms with Gasteiger partial charge in [-0.3, -0.25) is 14.4 Å². The highest BCUT2D eigenvalue weighted by Crippen LogP contribution is 2.23. The number of benzene rings is 2. The van der Waals surface area contributed by atoms with Gasteiger partial charge in [-0.05, 0) is 61.2 Å². The number of hydrogen-bond acceptors (Lipinski definition) is 5. The van der Waals surface area contributed by atoms with Crippen LogP contribution in [0.15, 0.2) is 48.5 Å². The number of carbonyl (C=O) groups is 3. The summed E-state index contributed by atoms with van der Waals surface area (Å²) in [6.07, 6.45) is 1.07. The second kappa shape index (κ2) is 12.1. The normalized spacial score (nSPS) is 14.9. The molecule has 1 aliphatic rings. The Hall–Kier alpha value is -3.46. The standard InChI is InChI=1S/C25H30FN3O5/c1-33-15-12-27-24(31)22(28-23(30)19-4-3-5-21(16-19)34-2)17-10-13-29(14-11-17)25(32)18-6-8-20(26)9-7-18/h3-9,16-17,22H,10-15H2,1-2H3,(H,27,31)(H,28,30)/t22-/m0/s1. The minimum Gasteiger partial charge on any atom is -0.497 e. The van der Waals surface area contributed by atoms with E-state index in [-0.39, 0.29) is 23.6 Å². The second-order valence-electron chi connectivity index (χ2n) is 8.10. The minimum atomic E-state index is -0.765. The van der Waals surface area contributed by atoms with Crippen molar-refractivity contribution < 1.29 is 28.2 Å². The van der Waals surface area contributed by atoms with Crippen LogP contribution >= 0.6 is 0 Å². The molecule has 34 heavy (non-hydrogen) atoms. The van der Waals surface area contributed by atoms with Crippen molar-refractivity contribution in [2.45, 2.75) is 18.9 Å². The van der Waals surface area contributed by atoms with E-state index < -0.39 is 11.9 Å². The Morgan fingerprint density at radius 2 is 1.76 bits per heavy atom. The lowest BCUT2D eigenvalue weighted by Crippen LogP contribution is -2.54. The first-order valence-corrected chi connectivity index (χ1v) is 11.2. The first kappa shape index (κ1) is 25.2. The largest absolute Gasteiger partial charge is 0.497 e. The van der Waals surface area contributed by atoms with E-state index in [1.54, 1.807) is 36.3 Å². The third kappa shape index (κ3) is 6.54. The van der Waals surface area contributed by atoms with E-state index in [0.29, 0.717) is 56.0 Å².